The topological polar surface area (TPSA) is 74.5 Å². The lowest BCUT2D eigenvalue weighted by atomic mass is 10.2. The molecule has 3 rings (SSSR count). The highest BCUT2D eigenvalue weighted by Gasteiger charge is 2.21. The van der Waals surface area contributed by atoms with E-state index in [1.165, 1.54) is 11.8 Å². The molecule has 1 heterocycles. The smallest absolute Gasteiger partial charge is 0.340 e. The van der Waals surface area contributed by atoms with E-state index in [1.807, 2.05) is 42.7 Å². The average Bonchev–Trinajstić information content (AvgIpc) is 3.18. The van der Waals surface area contributed by atoms with Crippen LogP contribution < -0.4 is 4.74 Å². The van der Waals surface area contributed by atoms with Crippen LogP contribution in [-0.2, 0) is 4.74 Å². The Morgan fingerprint density at radius 1 is 1.12 bits per heavy atom. The Kier molecular flexibility index (Phi) is 5.58. The fourth-order valence-electron chi connectivity index (χ4n) is 2.34. The minimum Gasteiger partial charge on any atom is -0.497 e. The molecule has 1 aromatic heterocycles. The standard InChI is InChI=1S/C19H18N2O4S/c1-12(24-19(22)15-6-4-5-7-16(15)26-3)17-20-21-18(25-17)13-8-10-14(23-2)11-9-13/h4-12H,1-3H3. The summed E-state index contributed by atoms with van der Waals surface area (Å²) in [6.07, 6.45) is 1.26. The van der Waals surface area contributed by atoms with Crippen LogP contribution in [0.3, 0.4) is 0 Å². The highest BCUT2D eigenvalue weighted by Crippen LogP contribution is 2.26. The Labute approximate surface area is 155 Å². The second-order valence-electron chi connectivity index (χ2n) is 5.42. The third kappa shape index (κ3) is 3.88. The fraction of sp³-hybridized carbons (Fsp3) is 0.211. The maximum absolute atomic E-state index is 12.4. The van der Waals surface area contributed by atoms with E-state index in [0.717, 1.165) is 16.2 Å². The van der Waals surface area contributed by atoms with Crippen LogP contribution in [0.15, 0.2) is 57.8 Å². The first-order chi connectivity index (χ1) is 12.6. The molecule has 0 saturated heterocycles. The summed E-state index contributed by atoms with van der Waals surface area (Å²) in [6.45, 7) is 1.70. The number of carbonyl (C=O) groups excluding carboxylic acids is 1. The van der Waals surface area contributed by atoms with Gasteiger partial charge in [-0.2, -0.15) is 0 Å². The quantitative estimate of drug-likeness (QED) is 0.471. The van der Waals surface area contributed by atoms with Gasteiger partial charge in [0.15, 0.2) is 6.10 Å². The van der Waals surface area contributed by atoms with Crippen molar-refractivity contribution in [2.45, 2.75) is 17.9 Å². The molecule has 1 unspecified atom stereocenters. The van der Waals surface area contributed by atoms with Crippen LogP contribution in [0.4, 0.5) is 0 Å². The zero-order valence-corrected chi connectivity index (χ0v) is 15.4. The fourth-order valence-corrected chi connectivity index (χ4v) is 2.92. The summed E-state index contributed by atoms with van der Waals surface area (Å²) in [6, 6.07) is 14.5. The molecule has 0 aliphatic heterocycles. The summed E-state index contributed by atoms with van der Waals surface area (Å²) in [5.41, 5.74) is 1.28. The molecule has 6 nitrogen and oxygen atoms in total. The Bertz CT molecular complexity index is 893. The number of ether oxygens (including phenoxy) is 2. The van der Waals surface area contributed by atoms with Crippen molar-refractivity contribution < 1.29 is 18.7 Å². The molecular formula is C19H18N2O4S. The lowest BCUT2D eigenvalue weighted by Gasteiger charge is -2.11. The SMILES string of the molecule is COc1ccc(-c2nnc(C(C)OC(=O)c3ccccc3SC)o2)cc1. The van der Waals surface area contributed by atoms with Gasteiger partial charge in [-0.15, -0.1) is 22.0 Å². The first-order valence-electron chi connectivity index (χ1n) is 7.94. The van der Waals surface area contributed by atoms with Crippen molar-refractivity contribution in [2.75, 3.05) is 13.4 Å². The highest BCUT2D eigenvalue weighted by atomic mass is 32.2. The van der Waals surface area contributed by atoms with Crippen LogP contribution in [0.25, 0.3) is 11.5 Å². The number of nitrogens with zero attached hydrogens (tertiary/aromatic N) is 2. The number of rotatable bonds is 6. The van der Waals surface area contributed by atoms with E-state index < -0.39 is 12.1 Å². The van der Waals surface area contributed by atoms with Gasteiger partial charge in [0.25, 0.3) is 5.89 Å². The molecule has 0 saturated carbocycles. The molecule has 0 radical (unpaired) electrons. The van der Waals surface area contributed by atoms with Crippen molar-refractivity contribution in [3.63, 3.8) is 0 Å². The average molecular weight is 370 g/mol. The summed E-state index contributed by atoms with van der Waals surface area (Å²) >= 11 is 1.49. The predicted octanol–water partition coefficient (Wildman–Crippen LogP) is 4.39. The lowest BCUT2D eigenvalue weighted by molar-refractivity contribution is 0.0276. The second-order valence-corrected chi connectivity index (χ2v) is 6.27. The van der Waals surface area contributed by atoms with Crippen LogP contribution in [0.2, 0.25) is 0 Å². The van der Waals surface area contributed by atoms with Crippen molar-refractivity contribution >= 4 is 17.7 Å². The number of hydrogen-bond donors (Lipinski definition) is 0. The number of aromatic nitrogens is 2. The van der Waals surface area contributed by atoms with E-state index in [0.29, 0.717) is 11.5 Å². The van der Waals surface area contributed by atoms with E-state index >= 15 is 0 Å². The molecule has 7 heteroatoms. The van der Waals surface area contributed by atoms with Crippen LogP contribution >= 0.6 is 11.8 Å². The van der Waals surface area contributed by atoms with Crippen LogP contribution in [0.1, 0.15) is 29.3 Å². The van der Waals surface area contributed by atoms with Crippen molar-refractivity contribution in [2.24, 2.45) is 0 Å². The molecule has 2 aromatic carbocycles. The Balaban J connectivity index is 1.73. The monoisotopic (exact) mass is 370 g/mol. The van der Waals surface area contributed by atoms with Gasteiger partial charge in [-0.1, -0.05) is 12.1 Å². The van der Waals surface area contributed by atoms with Gasteiger partial charge in [0.2, 0.25) is 5.89 Å². The Morgan fingerprint density at radius 3 is 2.54 bits per heavy atom. The number of hydrogen-bond acceptors (Lipinski definition) is 7. The molecule has 0 aliphatic rings. The van der Waals surface area contributed by atoms with Gasteiger partial charge in [-0.05, 0) is 49.6 Å². The second kappa shape index (κ2) is 8.05. The number of methoxy groups -OCH3 is 1. The van der Waals surface area contributed by atoms with Gasteiger partial charge < -0.3 is 13.9 Å². The zero-order valence-electron chi connectivity index (χ0n) is 14.6. The number of benzene rings is 2. The molecule has 26 heavy (non-hydrogen) atoms. The summed E-state index contributed by atoms with van der Waals surface area (Å²) < 4.78 is 16.3. The molecule has 0 fully saturated rings. The lowest BCUT2D eigenvalue weighted by Crippen LogP contribution is -2.10. The Hall–Kier alpha value is -2.80. The van der Waals surface area contributed by atoms with E-state index in [1.54, 1.807) is 26.2 Å². The molecule has 3 aromatic rings. The van der Waals surface area contributed by atoms with Crippen molar-refractivity contribution in [3.05, 3.63) is 60.0 Å². The molecule has 0 spiro atoms. The maximum Gasteiger partial charge on any atom is 0.340 e. The summed E-state index contributed by atoms with van der Waals surface area (Å²) in [7, 11) is 1.60. The maximum atomic E-state index is 12.4. The normalized spacial score (nSPS) is 11.8. The van der Waals surface area contributed by atoms with E-state index in [4.69, 9.17) is 13.9 Å². The van der Waals surface area contributed by atoms with Crippen molar-refractivity contribution in [1.82, 2.24) is 10.2 Å². The highest BCUT2D eigenvalue weighted by molar-refractivity contribution is 7.98. The summed E-state index contributed by atoms with van der Waals surface area (Å²) in [5.74, 6) is 0.913. The third-order valence-electron chi connectivity index (χ3n) is 3.74. The zero-order chi connectivity index (χ0) is 18.5. The van der Waals surface area contributed by atoms with E-state index in [-0.39, 0.29) is 5.89 Å². The van der Waals surface area contributed by atoms with Crippen LogP contribution in [0.5, 0.6) is 5.75 Å². The molecule has 0 aliphatic carbocycles. The van der Waals surface area contributed by atoms with Gasteiger partial charge in [-0.25, -0.2) is 4.79 Å². The van der Waals surface area contributed by atoms with Crippen LogP contribution in [0, 0.1) is 0 Å². The third-order valence-corrected chi connectivity index (χ3v) is 4.53. The van der Waals surface area contributed by atoms with Gasteiger partial charge >= 0.3 is 5.97 Å². The minimum absolute atomic E-state index is 0.241. The van der Waals surface area contributed by atoms with Gasteiger partial charge in [0.05, 0.1) is 12.7 Å². The van der Waals surface area contributed by atoms with Crippen LogP contribution in [-0.4, -0.2) is 29.5 Å². The molecule has 1 atom stereocenters. The predicted molar refractivity (Wildman–Crippen MR) is 98.3 cm³/mol. The minimum atomic E-state index is -0.656. The van der Waals surface area contributed by atoms with Gasteiger partial charge in [-0.3, -0.25) is 0 Å². The Morgan fingerprint density at radius 2 is 1.85 bits per heavy atom. The molecule has 134 valence electrons. The number of esters is 1. The van der Waals surface area contributed by atoms with Gasteiger partial charge in [0.1, 0.15) is 5.75 Å². The molecule has 0 bridgehead atoms. The molecule has 0 N–H and O–H groups in total. The summed E-state index contributed by atoms with van der Waals surface area (Å²) in [4.78, 5) is 13.3. The molecular weight excluding hydrogens is 352 g/mol. The molecule has 0 amide bonds. The van der Waals surface area contributed by atoms with E-state index in [9.17, 15) is 4.79 Å². The van der Waals surface area contributed by atoms with Gasteiger partial charge in [0, 0.05) is 10.5 Å². The number of carbonyl (C=O) groups is 1. The number of thioether (sulfide) groups is 1. The first-order valence-corrected chi connectivity index (χ1v) is 9.16. The summed E-state index contributed by atoms with van der Waals surface area (Å²) in [5, 5.41) is 8.02. The van der Waals surface area contributed by atoms with Crippen molar-refractivity contribution in [1.29, 1.82) is 0 Å². The largest absolute Gasteiger partial charge is 0.497 e. The van der Waals surface area contributed by atoms with E-state index in [2.05, 4.69) is 10.2 Å². The van der Waals surface area contributed by atoms with Crippen molar-refractivity contribution in [3.8, 4) is 17.2 Å². The first kappa shape index (κ1) is 18.0.